The monoisotopic (exact) mass is 324 g/mol. The lowest BCUT2D eigenvalue weighted by Crippen LogP contribution is -2.11. The molecule has 0 aliphatic heterocycles. The SMILES string of the molecule is COC(=O)Cc1c([N+](=O)[O-])cc(Br)nc1C(F)F. The number of halogens is 3. The van der Waals surface area contributed by atoms with Gasteiger partial charge in [0.1, 0.15) is 10.3 Å². The van der Waals surface area contributed by atoms with Crippen molar-refractivity contribution in [2.24, 2.45) is 0 Å². The molecule has 0 saturated carbocycles. The molecule has 0 aromatic carbocycles. The maximum Gasteiger partial charge on any atom is 0.310 e. The van der Waals surface area contributed by atoms with Crippen molar-refractivity contribution in [2.45, 2.75) is 12.8 Å². The van der Waals surface area contributed by atoms with Gasteiger partial charge in [0.25, 0.3) is 12.1 Å². The van der Waals surface area contributed by atoms with E-state index in [-0.39, 0.29) is 4.60 Å². The van der Waals surface area contributed by atoms with Gasteiger partial charge < -0.3 is 4.74 Å². The van der Waals surface area contributed by atoms with Crippen LogP contribution in [0.4, 0.5) is 14.5 Å². The first-order valence-corrected chi connectivity index (χ1v) is 5.34. The molecule has 0 atom stereocenters. The smallest absolute Gasteiger partial charge is 0.310 e. The number of hydrogen-bond acceptors (Lipinski definition) is 5. The Labute approximate surface area is 108 Å². The summed E-state index contributed by atoms with van der Waals surface area (Å²) >= 11 is 2.80. The van der Waals surface area contributed by atoms with Crippen LogP contribution in [0, 0.1) is 10.1 Å². The van der Waals surface area contributed by atoms with E-state index >= 15 is 0 Å². The molecule has 0 aliphatic rings. The summed E-state index contributed by atoms with van der Waals surface area (Å²) in [5.41, 5.74) is -1.84. The van der Waals surface area contributed by atoms with E-state index in [0.29, 0.717) is 0 Å². The number of rotatable bonds is 4. The number of carbonyl (C=O) groups is 1. The summed E-state index contributed by atoms with van der Waals surface area (Å²) in [5.74, 6) is -0.857. The van der Waals surface area contributed by atoms with Crippen LogP contribution in [0.5, 0.6) is 0 Å². The third kappa shape index (κ3) is 3.19. The molecule has 1 rings (SSSR count). The van der Waals surface area contributed by atoms with E-state index < -0.39 is 40.7 Å². The second-order valence-corrected chi connectivity index (χ2v) is 3.95. The van der Waals surface area contributed by atoms with Crippen LogP contribution >= 0.6 is 15.9 Å². The van der Waals surface area contributed by atoms with Crippen LogP contribution in [0.3, 0.4) is 0 Å². The maximum absolute atomic E-state index is 12.7. The highest BCUT2D eigenvalue weighted by molar-refractivity contribution is 9.10. The molecule has 0 radical (unpaired) electrons. The van der Waals surface area contributed by atoms with Crippen molar-refractivity contribution in [3.63, 3.8) is 0 Å². The van der Waals surface area contributed by atoms with E-state index in [1.807, 2.05) is 0 Å². The maximum atomic E-state index is 12.7. The third-order valence-corrected chi connectivity index (χ3v) is 2.46. The summed E-state index contributed by atoms with van der Waals surface area (Å²) in [4.78, 5) is 24.5. The zero-order valence-electron chi connectivity index (χ0n) is 9.02. The molecular formula is C9H7BrF2N2O4. The predicted octanol–water partition coefficient (Wildman–Crippen LogP) is 2.41. The second kappa shape index (κ2) is 5.80. The Kier molecular flexibility index (Phi) is 4.65. The lowest BCUT2D eigenvalue weighted by Gasteiger charge is -2.08. The van der Waals surface area contributed by atoms with Gasteiger partial charge in [-0.2, -0.15) is 0 Å². The second-order valence-electron chi connectivity index (χ2n) is 3.14. The molecule has 1 aromatic heterocycles. The molecule has 0 amide bonds. The van der Waals surface area contributed by atoms with Crippen molar-refractivity contribution < 1.29 is 23.2 Å². The van der Waals surface area contributed by atoms with Gasteiger partial charge in [0.05, 0.1) is 24.0 Å². The van der Waals surface area contributed by atoms with Crippen LogP contribution in [0.15, 0.2) is 10.7 Å². The highest BCUT2D eigenvalue weighted by Crippen LogP contribution is 2.31. The van der Waals surface area contributed by atoms with Crippen LogP contribution in [0.1, 0.15) is 17.7 Å². The fourth-order valence-electron chi connectivity index (χ4n) is 1.29. The molecule has 0 N–H and O–H groups in total. The normalized spacial score (nSPS) is 10.5. The van der Waals surface area contributed by atoms with E-state index in [0.717, 1.165) is 13.2 Å². The van der Waals surface area contributed by atoms with Crippen molar-refractivity contribution in [2.75, 3.05) is 7.11 Å². The van der Waals surface area contributed by atoms with E-state index in [4.69, 9.17) is 0 Å². The van der Waals surface area contributed by atoms with Crippen LogP contribution < -0.4 is 0 Å². The summed E-state index contributed by atoms with van der Waals surface area (Å²) in [5, 5.41) is 10.8. The van der Waals surface area contributed by atoms with E-state index in [2.05, 4.69) is 25.7 Å². The zero-order chi connectivity index (χ0) is 13.9. The average Bonchev–Trinajstić information content (AvgIpc) is 2.29. The van der Waals surface area contributed by atoms with Crippen molar-refractivity contribution >= 4 is 27.6 Å². The van der Waals surface area contributed by atoms with Gasteiger partial charge in [-0.05, 0) is 15.9 Å². The Balaban J connectivity index is 3.40. The first-order chi connectivity index (χ1) is 8.36. The van der Waals surface area contributed by atoms with Crippen LogP contribution in [-0.4, -0.2) is 23.0 Å². The Bertz CT molecular complexity index is 496. The number of nitro groups is 1. The summed E-state index contributed by atoms with van der Waals surface area (Å²) in [6, 6.07) is 0.962. The Morgan fingerprint density at radius 1 is 1.67 bits per heavy atom. The Hall–Kier alpha value is -1.64. The number of methoxy groups -OCH3 is 1. The first kappa shape index (κ1) is 14.4. The molecule has 1 heterocycles. The standard InChI is InChI=1S/C9H7BrF2N2O4/c1-18-7(15)2-4-5(14(16)17)3-6(10)13-8(4)9(11)12/h3,9H,2H2,1H3. The lowest BCUT2D eigenvalue weighted by atomic mass is 10.1. The number of esters is 1. The van der Waals surface area contributed by atoms with Gasteiger partial charge in [-0.1, -0.05) is 0 Å². The van der Waals surface area contributed by atoms with Crippen molar-refractivity contribution in [1.29, 1.82) is 0 Å². The van der Waals surface area contributed by atoms with Gasteiger partial charge in [0, 0.05) is 6.07 Å². The van der Waals surface area contributed by atoms with E-state index in [1.165, 1.54) is 0 Å². The van der Waals surface area contributed by atoms with Crippen molar-refractivity contribution in [1.82, 2.24) is 4.98 Å². The van der Waals surface area contributed by atoms with Crippen LogP contribution in [-0.2, 0) is 16.0 Å². The molecular weight excluding hydrogens is 318 g/mol. The first-order valence-electron chi connectivity index (χ1n) is 4.55. The molecule has 0 saturated heterocycles. The molecule has 6 nitrogen and oxygen atoms in total. The van der Waals surface area contributed by atoms with Gasteiger partial charge >= 0.3 is 5.97 Å². The number of aromatic nitrogens is 1. The number of alkyl halides is 2. The minimum absolute atomic E-state index is 0.0990. The summed E-state index contributed by atoms with van der Waals surface area (Å²) in [7, 11) is 1.06. The molecule has 0 spiro atoms. The van der Waals surface area contributed by atoms with Crippen molar-refractivity contribution in [3.8, 4) is 0 Å². The molecule has 0 aliphatic carbocycles. The molecule has 98 valence electrons. The minimum atomic E-state index is -3.03. The molecule has 9 heteroatoms. The lowest BCUT2D eigenvalue weighted by molar-refractivity contribution is -0.385. The number of hydrogen-bond donors (Lipinski definition) is 0. The number of nitrogens with zero attached hydrogens (tertiary/aromatic N) is 2. The summed E-state index contributed by atoms with van der Waals surface area (Å²) in [6.45, 7) is 0. The highest BCUT2D eigenvalue weighted by Gasteiger charge is 2.27. The number of pyridine rings is 1. The van der Waals surface area contributed by atoms with Crippen LogP contribution in [0.25, 0.3) is 0 Å². The summed E-state index contributed by atoms with van der Waals surface area (Å²) < 4.78 is 29.7. The van der Waals surface area contributed by atoms with Gasteiger partial charge in [-0.3, -0.25) is 14.9 Å². The third-order valence-electron chi connectivity index (χ3n) is 2.05. The average molecular weight is 325 g/mol. The molecule has 1 aromatic rings. The highest BCUT2D eigenvalue weighted by atomic mass is 79.9. The van der Waals surface area contributed by atoms with Crippen molar-refractivity contribution in [3.05, 3.63) is 32.0 Å². The fourth-order valence-corrected chi connectivity index (χ4v) is 1.69. The molecule has 18 heavy (non-hydrogen) atoms. The predicted molar refractivity (Wildman–Crippen MR) is 59.3 cm³/mol. The largest absolute Gasteiger partial charge is 0.469 e. The quantitative estimate of drug-likeness (QED) is 0.367. The Morgan fingerprint density at radius 2 is 2.28 bits per heavy atom. The Morgan fingerprint density at radius 3 is 2.72 bits per heavy atom. The number of carbonyl (C=O) groups excluding carboxylic acids is 1. The molecule has 0 bridgehead atoms. The minimum Gasteiger partial charge on any atom is -0.469 e. The van der Waals surface area contributed by atoms with Gasteiger partial charge in [0.15, 0.2) is 0 Å². The topological polar surface area (TPSA) is 82.3 Å². The van der Waals surface area contributed by atoms with Crippen LogP contribution in [0.2, 0.25) is 0 Å². The van der Waals surface area contributed by atoms with E-state index in [1.54, 1.807) is 0 Å². The molecule has 0 unspecified atom stereocenters. The summed E-state index contributed by atoms with van der Waals surface area (Å²) in [6.07, 6.45) is -3.66. The number of ether oxygens (including phenoxy) is 1. The zero-order valence-corrected chi connectivity index (χ0v) is 10.6. The van der Waals surface area contributed by atoms with Gasteiger partial charge in [-0.15, -0.1) is 0 Å². The molecule has 0 fully saturated rings. The fraction of sp³-hybridized carbons (Fsp3) is 0.333. The van der Waals surface area contributed by atoms with Gasteiger partial charge in [-0.25, -0.2) is 13.8 Å². The van der Waals surface area contributed by atoms with Gasteiger partial charge in [0.2, 0.25) is 0 Å². The van der Waals surface area contributed by atoms with E-state index in [9.17, 15) is 23.7 Å².